The normalized spacial score (nSPS) is 11.2. The van der Waals surface area contributed by atoms with Crippen LogP contribution < -0.4 is 10.5 Å². The molecule has 1 aromatic rings. The molecule has 0 heterocycles. The van der Waals surface area contributed by atoms with Gasteiger partial charge in [0.15, 0.2) is 5.82 Å². The summed E-state index contributed by atoms with van der Waals surface area (Å²) in [7, 11) is -3.99. The topological polar surface area (TPSA) is 72.2 Å². The largest absolute Gasteiger partial charge is 0.392 e. The molecule has 17 heavy (non-hydrogen) atoms. The summed E-state index contributed by atoms with van der Waals surface area (Å²) in [6.45, 7) is 1.39. The lowest BCUT2D eigenvalue weighted by atomic mass is 10.2. The quantitative estimate of drug-likeness (QED) is 0.815. The zero-order valence-electron chi connectivity index (χ0n) is 8.83. The first-order chi connectivity index (χ1) is 7.73. The second-order valence-corrected chi connectivity index (χ2v) is 5.63. The molecule has 1 rings (SSSR count). The van der Waals surface area contributed by atoms with E-state index in [2.05, 4.69) is 12.2 Å². The molecule has 0 aliphatic carbocycles. The number of nitrogens with two attached hydrogens (primary N) is 1. The van der Waals surface area contributed by atoms with Crippen LogP contribution >= 0.6 is 12.2 Å². The molecule has 0 spiro atoms. The molecule has 0 fully saturated rings. The van der Waals surface area contributed by atoms with Gasteiger partial charge < -0.3 is 5.73 Å². The number of hydrogen-bond donors (Lipinski definition) is 2. The molecule has 0 atom stereocenters. The second kappa shape index (κ2) is 4.92. The first-order valence-corrected chi connectivity index (χ1v) is 6.52. The molecule has 1 aromatic carbocycles. The Bertz CT molecular complexity index is 558. The molecule has 94 valence electrons. The van der Waals surface area contributed by atoms with Crippen LogP contribution in [0.15, 0.2) is 12.1 Å². The minimum atomic E-state index is -3.99. The molecular weight excluding hydrogens is 270 g/mol. The molecule has 0 bridgehead atoms. The zero-order valence-corrected chi connectivity index (χ0v) is 10.5. The van der Waals surface area contributed by atoms with Gasteiger partial charge in [0, 0.05) is 0 Å². The minimum absolute atomic E-state index is 0.124. The van der Waals surface area contributed by atoms with Crippen LogP contribution in [0.25, 0.3) is 0 Å². The van der Waals surface area contributed by atoms with Crippen molar-refractivity contribution in [3.8, 4) is 0 Å². The summed E-state index contributed by atoms with van der Waals surface area (Å²) in [5, 5.41) is 0. The molecule has 0 unspecified atom stereocenters. The molecule has 8 heteroatoms. The SMILES string of the molecule is Cc1ccc(F)c(NS(=O)(=O)CC(N)=S)c1F. The number of nitrogens with one attached hydrogen (secondary N) is 1. The Balaban J connectivity index is 3.12. The molecule has 0 aliphatic heterocycles. The molecule has 0 radical (unpaired) electrons. The number of rotatable bonds is 4. The summed E-state index contributed by atoms with van der Waals surface area (Å²) >= 11 is 4.42. The summed E-state index contributed by atoms with van der Waals surface area (Å²) < 4.78 is 51.4. The third kappa shape index (κ3) is 3.60. The molecule has 0 aromatic heterocycles. The highest BCUT2D eigenvalue weighted by Crippen LogP contribution is 2.22. The van der Waals surface area contributed by atoms with E-state index < -0.39 is 33.1 Å². The maximum Gasteiger partial charge on any atom is 0.239 e. The fraction of sp³-hybridized carbons (Fsp3) is 0.222. The van der Waals surface area contributed by atoms with E-state index in [0.717, 1.165) is 6.07 Å². The van der Waals surface area contributed by atoms with E-state index in [1.165, 1.54) is 13.0 Å². The standard InChI is InChI=1S/C9H10F2N2O2S2/c1-5-2-3-6(10)9(8(5)11)13-17(14,15)4-7(12)16/h2-3,13H,4H2,1H3,(H2,12,16). The van der Waals surface area contributed by atoms with Crippen LogP contribution in [-0.4, -0.2) is 19.2 Å². The van der Waals surface area contributed by atoms with Crippen LogP contribution in [0, 0.1) is 18.6 Å². The van der Waals surface area contributed by atoms with Crippen LogP contribution in [0.4, 0.5) is 14.5 Å². The van der Waals surface area contributed by atoms with Gasteiger partial charge in [-0.15, -0.1) is 0 Å². The fourth-order valence-electron chi connectivity index (χ4n) is 1.13. The van der Waals surface area contributed by atoms with E-state index >= 15 is 0 Å². The average Bonchev–Trinajstić information content (AvgIpc) is 2.17. The van der Waals surface area contributed by atoms with Gasteiger partial charge in [0.05, 0.1) is 4.99 Å². The van der Waals surface area contributed by atoms with Crippen molar-refractivity contribution in [2.75, 3.05) is 10.5 Å². The number of thiocarbonyl (C=S) groups is 1. The number of benzene rings is 1. The monoisotopic (exact) mass is 280 g/mol. The first kappa shape index (κ1) is 13.8. The van der Waals surface area contributed by atoms with E-state index in [4.69, 9.17) is 5.73 Å². The van der Waals surface area contributed by atoms with Crippen molar-refractivity contribution < 1.29 is 17.2 Å². The molecule has 0 saturated heterocycles. The Morgan fingerprint density at radius 2 is 2.06 bits per heavy atom. The molecular formula is C9H10F2N2O2S2. The number of sulfonamides is 1. The summed E-state index contributed by atoms with van der Waals surface area (Å²) in [6.07, 6.45) is 0. The van der Waals surface area contributed by atoms with Crippen molar-refractivity contribution >= 4 is 32.9 Å². The molecule has 3 N–H and O–H groups in total. The lowest BCUT2D eigenvalue weighted by molar-refractivity contribution is 0.579. The lowest BCUT2D eigenvalue weighted by Crippen LogP contribution is -2.27. The van der Waals surface area contributed by atoms with Crippen molar-refractivity contribution in [2.45, 2.75) is 6.92 Å². The minimum Gasteiger partial charge on any atom is -0.392 e. The third-order valence-corrected chi connectivity index (χ3v) is 3.41. The molecule has 0 amide bonds. The first-order valence-electron chi connectivity index (χ1n) is 4.46. The van der Waals surface area contributed by atoms with E-state index in [-0.39, 0.29) is 10.6 Å². The Hall–Kier alpha value is -1.28. The highest BCUT2D eigenvalue weighted by molar-refractivity contribution is 7.95. The van der Waals surface area contributed by atoms with E-state index in [1.807, 2.05) is 0 Å². The summed E-state index contributed by atoms with van der Waals surface area (Å²) in [4.78, 5) is -0.286. The second-order valence-electron chi connectivity index (χ2n) is 3.38. The Morgan fingerprint density at radius 3 is 2.59 bits per heavy atom. The highest BCUT2D eigenvalue weighted by atomic mass is 32.2. The zero-order chi connectivity index (χ0) is 13.2. The van der Waals surface area contributed by atoms with Crippen molar-refractivity contribution in [1.82, 2.24) is 0 Å². The van der Waals surface area contributed by atoms with E-state index in [9.17, 15) is 17.2 Å². The highest BCUT2D eigenvalue weighted by Gasteiger charge is 2.18. The predicted molar refractivity (Wildman–Crippen MR) is 65.3 cm³/mol. The van der Waals surface area contributed by atoms with Crippen LogP contribution in [-0.2, 0) is 10.0 Å². The van der Waals surface area contributed by atoms with E-state index in [1.54, 1.807) is 4.72 Å². The van der Waals surface area contributed by atoms with Gasteiger partial charge in [0.1, 0.15) is 17.3 Å². The average molecular weight is 280 g/mol. The Kier molecular flexibility index (Phi) is 3.99. The van der Waals surface area contributed by atoms with Crippen molar-refractivity contribution in [1.29, 1.82) is 0 Å². The molecule has 4 nitrogen and oxygen atoms in total. The summed E-state index contributed by atoms with van der Waals surface area (Å²) in [5.74, 6) is -2.63. The van der Waals surface area contributed by atoms with Crippen molar-refractivity contribution in [3.05, 3.63) is 29.3 Å². The van der Waals surface area contributed by atoms with Gasteiger partial charge in [-0.3, -0.25) is 4.72 Å². The molecule has 0 saturated carbocycles. The van der Waals surface area contributed by atoms with Crippen LogP contribution in [0.2, 0.25) is 0 Å². The maximum absolute atomic E-state index is 13.5. The number of hydrogen-bond acceptors (Lipinski definition) is 3. The van der Waals surface area contributed by atoms with Crippen molar-refractivity contribution in [2.24, 2.45) is 5.73 Å². The van der Waals surface area contributed by atoms with Crippen LogP contribution in [0.5, 0.6) is 0 Å². The Labute approximate surface area is 103 Å². The van der Waals surface area contributed by atoms with Gasteiger partial charge in [-0.05, 0) is 18.6 Å². The maximum atomic E-state index is 13.5. The molecule has 0 aliphatic rings. The van der Waals surface area contributed by atoms with Gasteiger partial charge in [-0.25, -0.2) is 17.2 Å². The van der Waals surface area contributed by atoms with Crippen LogP contribution in [0.1, 0.15) is 5.56 Å². The van der Waals surface area contributed by atoms with Gasteiger partial charge in [0.2, 0.25) is 10.0 Å². The third-order valence-electron chi connectivity index (χ3n) is 1.87. The lowest BCUT2D eigenvalue weighted by Gasteiger charge is -2.10. The fourth-order valence-corrected chi connectivity index (χ4v) is 2.54. The summed E-state index contributed by atoms with van der Waals surface area (Å²) in [5.41, 5.74) is 4.47. The van der Waals surface area contributed by atoms with E-state index in [0.29, 0.717) is 0 Å². The smallest absolute Gasteiger partial charge is 0.239 e. The number of aryl methyl sites for hydroxylation is 1. The Morgan fingerprint density at radius 1 is 1.47 bits per heavy atom. The summed E-state index contributed by atoms with van der Waals surface area (Å²) in [6, 6.07) is 2.17. The van der Waals surface area contributed by atoms with Gasteiger partial charge in [0.25, 0.3) is 0 Å². The number of anilines is 1. The van der Waals surface area contributed by atoms with Crippen LogP contribution in [0.3, 0.4) is 0 Å². The predicted octanol–water partition coefficient (Wildman–Crippen LogP) is 1.30. The number of halogens is 2. The van der Waals surface area contributed by atoms with Gasteiger partial charge in [-0.1, -0.05) is 18.3 Å². The van der Waals surface area contributed by atoms with Crippen molar-refractivity contribution in [3.63, 3.8) is 0 Å². The van der Waals surface area contributed by atoms with Gasteiger partial charge in [-0.2, -0.15) is 0 Å². The van der Waals surface area contributed by atoms with Gasteiger partial charge >= 0.3 is 0 Å².